The van der Waals surface area contributed by atoms with Gasteiger partial charge in [0.05, 0.1) is 39.1 Å². The van der Waals surface area contributed by atoms with E-state index in [-0.39, 0.29) is 0 Å². The molecule has 72 heavy (non-hydrogen) atoms. The number of ether oxygens (including phenoxy) is 11. The Labute approximate surface area is 408 Å². The molecule has 6 fully saturated rings. The van der Waals surface area contributed by atoms with Gasteiger partial charge in [0, 0.05) is 13.8 Å². The van der Waals surface area contributed by atoms with Crippen LogP contribution in [0.15, 0.2) is 0 Å². The number of rotatable bonds is 17. The molecule has 30 atom stereocenters. The van der Waals surface area contributed by atoms with E-state index in [1.54, 1.807) is 0 Å². The van der Waals surface area contributed by atoms with E-state index in [1.807, 2.05) is 0 Å². The number of carbonyl (C=O) groups is 2. The number of amides is 2. The molecule has 6 aliphatic rings. The normalized spacial score (nSPS) is 50.3. The monoisotopic (exact) mass is 1060 g/mol. The number of aliphatic hydroxyl groups excluding tert-OH is 17. The van der Waals surface area contributed by atoms with Crippen molar-refractivity contribution in [1.29, 1.82) is 0 Å². The third-order valence-electron chi connectivity index (χ3n) is 13.2. The lowest BCUT2D eigenvalue weighted by atomic mass is 9.94. The SMILES string of the molecule is CC(=O)N[C@@H]1[C@@H](O[C@@H]2O[C@H](CO)[C@H](O)[C@H](O[C@@H]3O[C@H](CO)[C@@H](O[C@@H]4O[C@H](CO)[C@H](O[C@@H]5O[C@H](CO)[C@H](O)[C@H](O)[C@H]5O)[C@H](O)[C@H]4O[C@@H]4O[C@@H](C)[C@@H](O)[C@@H](O)[C@@H]4O)[C@H](O)[C@H]3NC(C)=O)[C@H]2O)[C@@H](O)[C@@H](CO)O[C@@H]1O. The lowest BCUT2D eigenvalue weighted by Gasteiger charge is -2.51. The number of hydrogen-bond acceptors (Lipinski definition) is 30. The summed E-state index contributed by atoms with van der Waals surface area (Å²) < 4.78 is 63.3. The summed E-state index contributed by atoms with van der Waals surface area (Å²) in [5, 5.41) is 187. The molecule has 0 unspecified atom stereocenters. The van der Waals surface area contributed by atoms with E-state index in [0.717, 1.165) is 13.8 Å². The third-order valence-corrected chi connectivity index (χ3v) is 13.2. The Morgan fingerprint density at radius 3 is 1.31 bits per heavy atom. The van der Waals surface area contributed by atoms with Gasteiger partial charge in [-0.2, -0.15) is 0 Å². The second-order valence-electron chi connectivity index (χ2n) is 18.2. The Bertz CT molecular complexity index is 1730. The molecule has 32 nitrogen and oxygen atoms in total. The molecule has 6 rings (SSSR count). The minimum absolute atomic E-state index is 0.738. The van der Waals surface area contributed by atoms with E-state index in [2.05, 4.69) is 10.6 Å². The van der Waals surface area contributed by atoms with E-state index in [0.29, 0.717) is 0 Å². The Balaban J connectivity index is 1.28. The fourth-order valence-electron chi connectivity index (χ4n) is 9.24. The van der Waals surface area contributed by atoms with Crippen LogP contribution in [-0.2, 0) is 61.7 Å². The van der Waals surface area contributed by atoms with Gasteiger partial charge in [-0.15, -0.1) is 0 Å². The molecule has 6 heterocycles. The maximum Gasteiger partial charge on any atom is 0.217 e. The number of nitrogens with one attached hydrogen (secondary N) is 2. The fourth-order valence-corrected chi connectivity index (χ4v) is 9.24. The van der Waals surface area contributed by atoms with Crippen LogP contribution in [0.1, 0.15) is 20.8 Å². The molecule has 0 bridgehead atoms. The Kier molecular flexibility index (Phi) is 20.8. The highest BCUT2D eigenvalue weighted by Gasteiger charge is 2.58. The highest BCUT2D eigenvalue weighted by molar-refractivity contribution is 5.73. The highest BCUT2D eigenvalue weighted by atomic mass is 16.8. The van der Waals surface area contributed by atoms with E-state index < -0.39 is 229 Å². The Morgan fingerprint density at radius 1 is 0.361 bits per heavy atom. The molecule has 6 aliphatic heterocycles. The zero-order valence-electron chi connectivity index (χ0n) is 38.8. The summed E-state index contributed by atoms with van der Waals surface area (Å²) >= 11 is 0. The van der Waals surface area contributed by atoms with Crippen LogP contribution in [0.5, 0.6) is 0 Å². The van der Waals surface area contributed by atoms with E-state index >= 15 is 0 Å². The molecule has 0 saturated carbocycles. The van der Waals surface area contributed by atoms with Crippen LogP contribution in [-0.4, -0.2) is 316 Å². The quantitative estimate of drug-likeness (QED) is 0.0643. The van der Waals surface area contributed by atoms with Gasteiger partial charge in [0.25, 0.3) is 0 Å². The van der Waals surface area contributed by atoms with Gasteiger partial charge in [-0.05, 0) is 6.92 Å². The van der Waals surface area contributed by atoms with Crippen molar-refractivity contribution in [3.63, 3.8) is 0 Å². The number of hydrogen-bond donors (Lipinski definition) is 19. The van der Waals surface area contributed by atoms with Crippen LogP contribution >= 0.6 is 0 Å². The Hall–Kier alpha value is -2.18. The summed E-state index contributed by atoms with van der Waals surface area (Å²) in [4.78, 5) is 24.7. The standard InChI is InChI=1S/C40H68N2O30/c1-9-19(50)24(55)26(57)37(62-9)72-34-28(59)31(68-38-27(58)25(56)20(51)12(4-43)64-38)16(8-47)67-40(34)69-30-15(7-46)66-36(17(23(30)54)41-10(2)48)71-33-22(53)14(6-45)65-39(29(33)60)70-32-18(42-11(3)49)35(61)63-13(5-44)21(32)52/h9,12-40,43-47,50-61H,4-8H2,1-3H3,(H,41,48)(H,42,49)/t9-,12+,13+,14+,15+,16+,17+,18+,19+,20-,21-,22-,23+,24+,25-,26-,27+,28-,29+,30+,31-,32+,33-,34+,35-,36-,37-,38-,39-,40-/m0/s1. The fraction of sp³-hybridized carbons (Fsp3) is 0.950. The smallest absolute Gasteiger partial charge is 0.217 e. The van der Waals surface area contributed by atoms with Gasteiger partial charge < -0.3 is 150 Å². The van der Waals surface area contributed by atoms with Crippen LogP contribution in [0.4, 0.5) is 0 Å². The van der Waals surface area contributed by atoms with Crippen molar-refractivity contribution >= 4 is 11.8 Å². The molecular formula is C40H68N2O30. The maximum absolute atomic E-state index is 12.7. The van der Waals surface area contributed by atoms with Crippen molar-refractivity contribution in [2.45, 2.75) is 205 Å². The predicted octanol–water partition coefficient (Wildman–Crippen LogP) is -12.8. The van der Waals surface area contributed by atoms with Crippen molar-refractivity contribution in [1.82, 2.24) is 10.6 Å². The van der Waals surface area contributed by atoms with E-state index in [9.17, 15) is 96.4 Å². The van der Waals surface area contributed by atoms with E-state index in [4.69, 9.17) is 52.1 Å². The van der Waals surface area contributed by atoms with Gasteiger partial charge in [-0.3, -0.25) is 9.59 Å². The summed E-state index contributed by atoms with van der Waals surface area (Å²) in [5.41, 5.74) is 0. The highest BCUT2D eigenvalue weighted by Crippen LogP contribution is 2.37. The molecule has 32 heteroatoms. The Morgan fingerprint density at radius 2 is 0.750 bits per heavy atom. The zero-order chi connectivity index (χ0) is 53.2. The van der Waals surface area contributed by atoms with Gasteiger partial charge >= 0.3 is 0 Å². The lowest BCUT2D eigenvalue weighted by molar-refractivity contribution is -0.401. The molecule has 0 radical (unpaired) electrons. The number of aliphatic hydroxyl groups is 17. The van der Waals surface area contributed by atoms with Gasteiger partial charge in [-0.1, -0.05) is 0 Å². The molecule has 0 aliphatic carbocycles. The van der Waals surface area contributed by atoms with Crippen LogP contribution in [0, 0.1) is 0 Å². The third kappa shape index (κ3) is 12.5. The largest absolute Gasteiger partial charge is 0.394 e. The second-order valence-corrected chi connectivity index (χ2v) is 18.2. The summed E-state index contributed by atoms with van der Waals surface area (Å²) in [6.45, 7) is -1.52. The van der Waals surface area contributed by atoms with Crippen LogP contribution in [0.25, 0.3) is 0 Å². The molecule has 418 valence electrons. The summed E-state index contributed by atoms with van der Waals surface area (Å²) in [6.07, 6.45) is -52.6. The number of carbonyl (C=O) groups excluding carboxylic acids is 2. The topological polar surface area (TPSA) is 504 Å². The first-order chi connectivity index (χ1) is 34.0. The second kappa shape index (κ2) is 25.3. The van der Waals surface area contributed by atoms with Gasteiger partial charge in [0.1, 0.15) is 140 Å². The molecular weight excluding hydrogens is 988 g/mol. The average Bonchev–Trinajstić information content (AvgIpc) is 3.34. The molecule has 0 aromatic carbocycles. The van der Waals surface area contributed by atoms with Gasteiger partial charge in [-0.25, -0.2) is 0 Å². The minimum atomic E-state index is -2.17. The van der Waals surface area contributed by atoms with Crippen LogP contribution in [0.2, 0.25) is 0 Å². The lowest BCUT2D eigenvalue weighted by Crippen LogP contribution is -2.71. The first-order valence-electron chi connectivity index (χ1n) is 23.0. The molecule has 2 amide bonds. The molecule has 0 aromatic heterocycles. The zero-order valence-corrected chi connectivity index (χ0v) is 38.8. The van der Waals surface area contributed by atoms with Crippen molar-refractivity contribution in [2.24, 2.45) is 0 Å². The molecule has 19 N–H and O–H groups in total. The van der Waals surface area contributed by atoms with Crippen molar-refractivity contribution in [2.75, 3.05) is 33.0 Å². The van der Waals surface area contributed by atoms with Crippen LogP contribution in [0.3, 0.4) is 0 Å². The minimum Gasteiger partial charge on any atom is -0.394 e. The summed E-state index contributed by atoms with van der Waals surface area (Å²) in [6, 6.07) is -3.38. The van der Waals surface area contributed by atoms with Crippen molar-refractivity contribution < 1.29 is 149 Å². The van der Waals surface area contributed by atoms with Gasteiger partial charge in [0.15, 0.2) is 37.7 Å². The van der Waals surface area contributed by atoms with Crippen molar-refractivity contribution in [3.05, 3.63) is 0 Å². The summed E-state index contributed by atoms with van der Waals surface area (Å²) in [5.74, 6) is -1.61. The maximum atomic E-state index is 12.7. The first kappa shape index (κ1) is 59.1. The summed E-state index contributed by atoms with van der Waals surface area (Å²) in [7, 11) is 0. The van der Waals surface area contributed by atoms with E-state index in [1.165, 1.54) is 6.92 Å². The molecule has 6 saturated heterocycles. The molecule has 0 aromatic rings. The van der Waals surface area contributed by atoms with Crippen molar-refractivity contribution in [3.8, 4) is 0 Å². The van der Waals surface area contributed by atoms with Gasteiger partial charge in [0.2, 0.25) is 11.8 Å². The average molecular weight is 1060 g/mol. The predicted molar refractivity (Wildman–Crippen MR) is 221 cm³/mol. The first-order valence-corrected chi connectivity index (χ1v) is 23.0. The molecule has 0 spiro atoms. The van der Waals surface area contributed by atoms with Crippen LogP contribution < -0.4 is 10.6 Å².